The third-order valence-electron chi connectivity index (χ3n) is 6.06. The van der Waals surface area contributed by atoms with Crippen LogP contribution >= 0.6 is 0 Å². The number of carbonyl (C=O) groups excluding carboxylic acids is 1. The highest BCUT2D eigenvalue weighted by Crippen LogP contribution is 2.33. The van der Waals surface area contributed by atoms with E-state index in [0.717, 1.165) is 11.6 Å². The second-order valence-electron chi connectivity index (χ2n) is 8.76. The number of halogens is 5. The van der Waals surface area contributed by atoms with Crippen molar-refractivity contribution in [2.45, 2.75) is 25.7 Å². The lowest BCUT2D eigenvalue weighted by atomic mass is 10.1. The quantitative estimate of drug-likeness (QED) is 0.333. The minimum Gasteiger partial charge on any atom is -0.338 e. The van der Waals surface area contributed by atoms with Gasteiger partial charge in [-0.3, -0.25) is 4.79 Å². The summed E-state index contributed by atoms with van der Waals surface area (Å²) in [5, 5.41) is 5.49. The molecule has 0 aliphatic carbocycles. The maximum atomic E-state index is 13.7. The van der Waals surface area contributed by atoms with E-state index < -0.39 is 29.6 Å². The fourth-order valence-electron chi connectivity index (χ4n) is 4.04. The van der Waals surface area contributed by atoms with Crippen molar-refractivity contribution in [2.24, 2.45) is 0 Å². The lowest BCUT2D eigenvalue weighted by Gasteiger charge is -2.16. The highest BCUT2D eigenvalue weighted by atomic mass is 19.4. The number of fused-ring (bicyclic) bond motifs is 1. The number of hydrogen-bond acceptors (Lipinski definition) is 7. The lowest BCUT2D eigenvalue weighted by molar-refractivity contribution is -0.139. The molecule has 1 amide bonds. The molecule has 0 bridgehead atoms. The molecule has 1 fully saturated rings. The predicted molar refractivity (Wildman–Crippen MR) is 131 cm³/mol. The molecule has 13 heteroatoms. The first-order valence-electron chi connectivity index (χ1n) is 11.5. The van der Waals surface area contributed by atoms with Gasteiger partial charge in [0.2, 0.25) is 5.95 Å². The topological polar surface area (TPSA) is 95.9 Å². The Hall–Kier alpha value is -4.42. The molecule has 0 unspecified atom stereocenters. The van der Waals surface area contributed by atoms with Crippen molar-refractivity contribution in [3.05, 3.63) is 71.4 Å². The van der Waals surface area contributed by atoms with Gasteiger partial charge in [-0.1, -0.05) is 6.07 Å². The summed E-state index contributed by atoms with van der Waals surface area (Å²) in [7, 11) is 0. The first kappa shape index (κ1) is 25.2. The van der Waals surface area contributed by atoms with E-state index in [2.05, 4.69) is 30.6 Å². The summed E-state index contributed by atoms with van der Waals surface area (Å²) in [4.78, 5) is 31.8. The van der Waals surface area contributed by atoms with Crippen LogP contribution in [0.15, 0.2) is 48.9 Å². The van der Waals surface area contributed by atoms with Crippen molar-refractivity contribution < 1.29 is 26.7 Å². The molecule has 196 valence electrons. The Bertz CT molecular complexity index is 1530. The molecule has 2 aromatic heterocycles. The number of hydrogen-bond donors (Lipinski definition) is 2. The van der Waals surface area contributed by atoms with Gasteiger partial charge in [-0.25, -0.2) is 28.7 Å². The van der Waals surface area contributed by atoms with Crippen LogP contribution in [-0.4, -0.2) is 45.1 Å². The van der Waals surface area contributed by atoms with Crippen molar-refractivity contribution in [1.82, 2.24) is 19.9 Å². The van der Waals surface area contributed by atoms with E-state index in [-0.39, 0.29) is 17.8 Å². The van der Waals surface area contributed by atoms with Crippen molar-refractivity contribution in [3.63, 3.8) is 0 Å². The molecule has 38 heavy (non-hydrogen) atoms. The number of rotatable bonds is 5. The van der Waals surface area contributed by atoms with Gasteiger partial charge in [0.15, 0.2) is 5.82 Å². The number of aryl methyl sites for hydroxylation is 1. The number of alkyl halides is 4. The highest BCUT2D eigenvalue weighted by Gasteiger charge is 2.34. The number of benzene rings is 2. The summed E-state index contributed by atoms with van der Waals surface area (Å²) in [6, 6.07) is 6.89. The first-order chi connectivity index (χ1) is 18.1. The van der Waals surface area contributed by atoms with Gasteiger partial charge < -0.3 is 15.5 Å². The van der Waals surface area contributed by atoms with Crippen molar-refractivity contribution >= 4 is 40.1 Å². The number of nitrogens with one attached hydrogen (secondary N) is 2. The third kappa shape index (κ3) is 5.17. The van der Waals surface area contributed by atoms with Gasteiger partial charge in [-0.2, -0.15) is 13.2 Å². The van der Waals surface area contributed by atoms with E-state index in [0.29, 0.717) is 53.6 Å². The fraction of sp³-hybridized carbons (Fsp3) is 0.240. The number of carbonyl (C=O) groups is 1. The van der Waals surface area contributed by atoms with Crippen LogP contribution in [0.5, 0.6) is 0 Å². The van der Waals surface area contributed by atoms with Gasteiger partial charge in [0, 0.05) is 23.5 Å². The van der Waals surface area contributed by atoms with Crippen LogP contribution < -0.4 is 15.5 Å². The zero-order valence-corrected chi connectivity index (χ0v) is 19.9. The number of anilines is 4. The van der Waals surface area contributed by atoms with Crippen LogP contribution in [0.3, 0.4) is 0 Å². The standard InChI is InChI=1S/C25H20F5N7O/c1-13-2-3-14(23(38)34-16-4-5-18(27)17(9-16)25(28,29)30)8-19(13)35-22-21-20(32-12-33-22)10-31-24(36-21)37-7-6-15(26)11-37/h2-5,8-10,12,15H,6-7,11H2,1H3,(H,34,38)(H,32,33,35)/t15-/m0/s1. The van der Waals surface area contributed by atoms with Gasteiger partial charge in [0.25, 0.3) is 5.91 Å². The minimum atomic E-state index is -4.90. The van der Waals surface area contributed by atoms with E-state index in [1.165, 1.54) is 24.7 Å². The van der Waals surface area contributed by atoms with Crippen molar-refractivity contribution in [1.29, 1.82) is 0 Å². The maximum absolute atomic E-state index is 13.7. The average Bonchev–Trinajstić information content (AvgIpc) is 3.32. The van der Waals surface area contributed by atoms with Gasteiger partial charge >= 0.3 is 6.18 Å². The van der Waals surface area contributed by atoms with Crippen LogP contribution in [0.2, 0.25) is 0 Å². The second kappa shape index (κ2) is 9.80. The Kier molecular flexibility index (Phi) is 6.51. The zero-order valence-electron chi connectivity index (χ0n) is 19.9. The molecule has 1 aliphatic heterocycles. The second-order valence-corrected chi connectivity index (χ2v) is 8.76. The van der Waals surface area contributed by atoms with Crippen LogP contribution in [0, 0.1) is 12.7 Å². The molecule has 0 radical (unpaired) electrons. The molecule has 4 aromatic rings. The average molecular weight is 529 g/mol. The molecule has 0 spiro atoms. The van der Waals surface area contributed by atoms with Gasteiger partial charge in [-0.05, 0) is 49.2 Å². The largest absolute Gasteiger partial charge is 0.419 e. The summed E-state index contributed by atoms with van der Waals surface area (Å²) < 4.78 is 66.4. The summed E-state index contributed by atoms with van der Waals surface area (Å²) in [5.74, 6) is -1.46. The summed E-state index contributed by atoms with van der Waals surface area (Å²) in [6.07, 6.45) is -2.63. The molecule has 1 aliphatic rings. The molecule has 2 N–H and O–H groups in total. The van der Waals surface area contributed by atoms with Gasteiger partial charge in [-0.15, -0.1) is 0 Å². The Morgan fingerprint density at radius 1 is 1.11 bits per heavy atom. The predicted octanol–water partition coefficient (Wildman–Crippen LogP) is 5.43. The molecule has 1 atom stereocenters. The number of aromatic nitrogens is 4. The van der Waals surface area contributed by atoms with E-state index >= 15 is 0 Å². The Labute approximate surface area is 213 Å². The van der Waals surface area contributed by atoms with Crippen molar-refractivity contribution in [2.75, 3.05) is 28.6 Å². The van der Waals surface area contributed by atoms with Gasteiger partial charge in [0.1, 0.15) is 29.3 Å². The zero-order chi connectivity index (χ0) is 27.0. The molecule has 1 saturated heterocycles. The van der Waals surface area contributed by atoms with Gasteiger partial charge in [0.05, 0.1) is 18.3 Å². The van der Waals surface area contributed by atoms with Crippen LogP contribution in [0.25, 0.3) is 11.0 Å². The Balaban J connectivity index is 1.41. The van der Waals surface area contributed by atoms with Crippen LogP contribution in [0.1, 0.15) is 27.9 Å². The highest BCUT2D eigenvalue weighted by molar-refractivity contribution is 6.05. The monoisotopic (exact) mass is 529 g/mol. The summed E-state index contributed by atoms with van der Waals surface area (Å²) in [6.45, 7) is 2.46. The smallest absolute Gasteiger partial charge is 0.338 e. The lowest BCUT2D eigenvalue weighted by Crippen LogP contribution is -2.22. The van der Waals surface area contributed by atoms with Crippen LogP contribution in [-0.2, 0) is 6.18 Å². The Morgan fingerprint density at radius 2 is 1.92 bits per heavy atom. The number of nitrogens with zero attached hydrogens (tertiary/aromatic N) is 5. The molecular weight excluding hydrogens is 509 g/mol. The summed E-state index contributed by atoms with van der Waals surface area (Å²) in [5.41, 5.74) is 0.513. The molecule has 8 nitrogen and oxygen atoms in total. The van der Waals surface area contributed by atoms with E-state index in [4.69, 9.17) is 0 Å². The molecule has 5 rings (SSSR count). The summed E-state index contributed by atoms with van der Waals surface area (Å²) >= 11 is 0. The first-order valence-corrected chi connectivity index (χ1v) is 11.5. The fourth-order valence-corrected chi connectivity index (χ4v) is 4.04. The van der Waals surface area contributed by atoms with E-state index in [1.807, 2.05) is 0 Å². The molecule has 2 aromatic carbocycles. The molecule has 3 heterocycles. The molecular formula is C25H20F5N7O. The third-order valence-corrected chi connectivity index (χ3v) is 6.06. The minimum absolute atomic E-state index is 0.135. The van der Waals surface area contributed by atoms with Crippen LogP contribution in [0.4, 0.5) is 45.1 Å². The van der Waals surface area contributed by atoms with E-state index in [1.54, 1.807) is 17.9 Å². The Morgan fingerprint density at radius 3 is 2.66 bits per heavy atom. The number of amides is 1. The normalized spacial score (nSPS) is 15.6. The SMILES string of the molecule is Cc1ccc(C(=O)Nc2ccc(F)c(C(F)(F)F)c2)cc1Nc1ncnc2cnc(N3CC[C@H](F)C3)nc12. The van der Waals surface area contributed by atoms with Crippen molar-refractivity contribution in [3.8, 4) is 0 Å². The van der Waals surface area contributed by atoms with E-state index in [9.17, 15) is 26.7 Å². The maximum Gasteiger partial charge on any atom is 0.419 e. The molecule has 0 saturated carbocycles.